The third kappa shape index (κ3) is 2.47. The summed E-state index contributed by atoms with van der Waals surface area (Å²) in [4.78, 5) is 5.70. The lowest BCUT2D eigenvalue weighted by atomic mass is 9.91. The number of rotatable bonds is 2. The second-order valence-corrected chi connectivity index (χ2v) is 4.48. The monoisotopic (exact) mass is 198 g/mol. The molecule has 0 amide bonds. The quantitative estimate of drug-likeness (QED) is 0.728. The minimum absolute atomic E-state index is 0.694. The lowest BCUT2D eigenvalue weighted by Gasteiger charge is -2.37. The Kier molecular flexibility index (Phi) is 3.79. The zero-order valence-electron chi connectivity index (χ0n) is 9.17. The summed E-state index contributed by atoms with van der Waals surface area (Å²) in [7, 11) is 2.07. The molecule has 2 fully saturated rings. The van der Waals surface area contributed by atoms with Crippen molar-refractivity contribution >= 4 is 0 Å². The molecule has 82 valence electrons. The highest BCUT2D eigenvalue weighted by Gasteiger charge is 2.26. The zero-order valence-corrected chi connectivity index (χ0v) is 9.17. The average molecular weight is 198 g/mol. The van der Waals surface area contributed by atoms with E-state index in [4.69, 9.17) is 4.84 Å². The predicted molar refractivity (Wildman–Crippen MR) is 57.0 cm³/mol. The van der Waals surface area contributed by atoms with Crippen molar-refractivity contribution in [2.45, 2.75) is 50.6 Å². The lowest BCUT2D eigenvalue weighted by molar-refractivity contribution is -0.211. The van der Waals surface area contributed by atoms with E-state index < -0.39 is 0 Å². The predicted octanol–water partition coefficient (Wildman–Crippen LogP) is 1.54. The molecule has 1 aliphatic carbocycles. The molecule has 0 atom stereocenters. The van der Waals surface area contributed by atoms with E-state index in [0.717, 1.165) is 19.2 Å². The van der Waals surface area contributed by atoms with Gasteiger partial charge >= 0.3 is 0 Å². The van der Waals surface area contributed by atoms with Crippen LogP contribution in [0.1, 0.15) is 38.5 Å². The Labute approximate surface area is 86.8 Å². The molecule has 1 heterocycles. The maximum atomic E-state index is 5.70. The molecule has 0 aromatic heterocycles. The van der Waals surface area contributed by atoms with Gasteiger partial charge in [0, 0.05) is 18.6 Å². The summed E-state index contributed by atoms with van der Waals surface area (Å²) in [6.45, 7) is 2.08. The largest absolute Gasteiger partial charge is 0.317 e. The van der Waals surface area contributed by atoms with Crippen LogP contribution >= 0.6 is 0 Å². The van der Waals surface area contributed by atoms with Gasteiger partial charge in [0.05, 0.1) is 6.61 Å². The van der Waals surface area contributed by atoms with E-state index in [1.807, 2.05) is 0 Å². The summed E-state index contributed by atoms with van der Waals surface area (Å²) in [5, 5.41) is 5.61. The first-order chi connectivity index (χ1) is 6.90. The van der Waals surface area contributed by atoms with Crippen LogP contribution in [0.2, 0.25) is 0 Å². The van der Waals surface area contributed by atoms with Crippen molar-refractivity contribution in [2.75, 3.05) is 20.2 Å². The van der Waals surface area contributed by atoms with Gasteiger partial charge in [0.1, 0.15) is 0 Å². The van der Waals surface area contributed by atoms with E-state index in [1.54, 1.807) is 0 Å². The fraction of sp³-hybridized carbons (Fsp3) is 1.00. The van der Waals surface area contributed by atoms with Crippen molar-refractivity contribution < 1.29 is 4.84 Å². The summed E-state index contributed by atoms with van der Waals surface area (Å²) in [6, 6.07) is 1.44. The Morgan fingerprint density at radius 2 is 1.93 bits per heavy atom. The first-order valence-electron chi connectivity index (χ1n) is 5.97. The highest BCUT2D eigenvalue weighted by Crippen LogP contribution is 2.24. The normalized spacial score (nSPS) is 35.8. The molecule has 1 saturated carbocycles. The van der Waals surface area contributed by atoms with Gasteiger partial charge in [0.25, 0.3) is 0 Å². The van der Waals surface area contributed by atoms with E-state index >= 15 is 0 Å². The molecular formula is C11H22N2O. The minimum Gasteiger partial charge on any atom is -0.317 e. The van der Waals surface area contributed by atoms with Gasteiger partial charge in [-0.2, -0.15) is 5.06 Å². The molecule has 1 saturated heterocycles. The molecule has 14 heavy (non-hydrogen) atoms. The van der Waals surface area contributed by atoms with Crippen LogP contribution < -0.4 is 5.32 Å². The van der Waals surface area contributed by atoms with Gasteiger partial charge in [-0.15, -0.1) is 0 Å². The zero-order chi connectivity index (χ0) is 9.80. The first kappa shape index (κ1) is 10.4. The molecule has 3 heteroatoms. The van der Waals surface area contributed by atoms with E-state index in [9.17, 15) is 0 Å². The van der Waals surface area contributed by atoms with E-state index in [-0.39, 0.29) is 0 Å². The van der Waals surface area contributed by atoms with Crippen LogP contribution in [0.5, 0.6) is 0 Å². The van der Waals surface area contributed by atoms with Crippen molar-refractivity contribution in [3.8, 4) is 0 Å². The molecule has 0 unspecified atom stereocenters. The fourth-order valence-corrected chi connectivity index (χ4v) is 2.56. The molecule has 0 spiro atoms. The highest BCUT2D eigenvalue weighted by molar-refractivity contribution is 4.80. The summed E-state index contributed by atoms with van der Waals surface area (Å²) in [5.74, 6) is 0. The van der Waals surface area contributed by atoms with Crippen molar-refractivity contribution in [1.82, 2.24) is 10.4 Å². The second-order valence-electron chi connectivity index (χ2n) is 4.48. The molecule has 1 aliphatic heterocycles. The Bertz CT molecular complexity index is 161. The molecule has 3 nitrogen and oxygen atoms in total. The van der Waals surface area contributed by atoms with Crippen LogP contribution in [0.4, 0.5) is 0 Å². The molecule has 0 aromatic carbocycles. The maximum Gasteiger partial charge on any atom is 0.0685 e. The van der Waals surface area contributed by atoms with Crippen molar-refractivity contribution in [1.29, 1.82) is 0 Å². The van der Waals surface area contributed by atoms with Crippen LogP contribution in [0.3, 0.4) is 0 Å². The van der Waals surface area contributed by atoms with Gasteiger partial charge in [-0.25, -0.2) is 0 Å². The molecule has 0 radical (unpaired) electrons. The fourth-order valence-electron chi connectivity index (χ4n) is 2.56. The third-order valence-electron chi connectivity index (χ3n) is 3.54. The molecule has 0 bridgehead atoms. The van der Waals surface area contributed by atoms with E-state index in [0.29, 0.717) is 6.04 Å². The van der Waals surface area contributed by atoms with Crippen LogP contribution in [-0.4, -0.2) is 37.3 Å². The number of nitrogens with zero attached hydrogens (tertiary/aromatic N) is 1. The standard InChI is InChI=1S/C11H22N2O/c1-12-10-4-6-11(7-5-10)13-8-2-3-9-14-13/h10-12H,2-9H2,1H3. The van der Waals surface area contributed by atoms with Crippen LogP contribution in [0, 0.1) is 0 Å². The van der Waals surface area contributed by atoms with Gasteiger partial charge in [0.15, 0.2) is 0 Å². The van der Waals surface area contributed by atoms with Crippen molar-refractivity contribution in [2.24, 2.45) is 0 Å². The second kappa shape index (κ2) is 5.10. The Morgan fingerprint density at radius 3 is 2.50 bits per heavy atom. The maximum absolute atomic E-state index is 5.70. The SMILES string of the molecule is CNC1CCC(N2CCCCO2)CC1. The number of hydroxylamine groups is 2. The van der Waals surface area contributed by atoms with Gasteiger partial charge in [-0.3, -0.25) is 4.84 Å². The van der Waals surface area contributed by atoms with Gasteiger partial charge in [-0.05, 0) is 45.6 Å². The molecule has 2 aliphatic rings. The highest BCUT2D eigenvalue weighted by atomic mass is 16.7. The van der Waals surface area contributed by atoms with Crippen molar-refractivity contribution in [3.63, 3.8) is 0 Å². The molecular weight excluding hydrogens is 176 g/mol. The Hall–Kier alpha value is -0.120. The number of hydrogen-bond donors (Lipinski definition) is 1. The number of hydrogen-bond acceptors (Lipinski definition) is 3. The molecule has 1 N–H and O–H groups in total. The smallest absolute Gasteiger partial charge is 0.0685 e. The summed E-state index contributed by atoms with van der Waals surface area (Å²) in [6.07, 6.45) is 7.76. The van der Waals surface area contributed by atoms with Gasteiger partial charge in [-0.1, -0.05) is 0 Å². The average Bonchev–Trinajstić information content (AvgIpc) is 2.30. The van der Waals surface area contributed by atoms with Crippen LogP contribution in [0.15, 0.2) is 0 Å². The summed E-state index contributed by atoms with van der Waals surface area (Å²) >= 11 is 0. The topological polar surface area (TPSA) is 24.5 Å². The van der Waals surface area contributed by atoms with E-state index in [2.05, 4.69) is 17.4 Å². The first-order valence-corrected chi connectivity index (χ1v) is 5.97. The third-order valence-corrected chi connectivity index (χ3v) is 3.54. The Balaban J connectivity index is 1.76. The Morgan fingerprint density at radius 1 is 1.14 bits per heavy atom. The summed E-state index contributed by atoms with van der Waals surface area (Å²) < 4.78 is 0. The van der Waals surface area contributed by atoms with Crippen molar-refractivity contribution in [3.05, 3.63) is 0 Å². The number of nitrogens with one attached hydrogen (secondary N) is 1. The van der Waals surface area contributed by atoms with Gasteiger partial charge in [0.2, 0.25) is 0 Å². The molecule has 2 rings (SSSR count). The van der Waals surface area contributed by atoms with E-state index in [1.165, 1.54) is 38.5 Å². The minimum atomic E-state index is 0.694. The van der Waals surface area contributed by atoms with Gasteiger partial charge < -0.3 is 5.32 Å². The van der Waals surface area contributed by atoms with Crippen LogP contribution in [-0.2, 0) is 4.84 Å². The molecule has 0 aromatic rings. The van der Waals surface area contributed by atoms with Crippen LogP contribution in [0.25, 0.3) is 0 Å². The summed E-state index contributed by atoms with van der Waals surface area (Å²) in [5.41, 5.74) is 0. The lowest BCUT2D eigenvalue weighted by Crippen LogP contribution is -2.43.